The summed E-state index contributed by atoms with van der Waals surface area (Å²) < 4.78 is 18.3. The highest BCUT2D eigenvalue weighted by molar-refractivity contribution is 5.55. The number of ether oxygens (including phenoxy) is 1. The summed E-state index contributed by atoms with van der Waals surface area (Å²) in [6.07, 6.45) is 3.70. The quantitative estimate of drug-likeness (QED) is 0.650. The minimum atomic E-state index is -0.261. The van der Waals surface area contributed by atoms with E-state index in [9.17, 15) is 4.39 Å². The lowest BCUT2D eigenvalue weighted by Gasteiger charge is -2.08. The van der Waals surface area contributed by atoms with Gasteiger partial charge >= 0.3 is 0 Å². The lowest BCUT2D eigenvalue weighted by atomic mass is 10.2. The second kappa shape index (κ2) is 5.43. The second-order valence-electron chi connectivity index (χ2n) is 3.09. The molecule has 0 radical (unpaired) electrons. The van der Waals surface area contributed by atoms with E-state index in [2.05, 4.69) is 13.5 Å². The maximum absolute atomic E-state index is 12.8. The first-order valence-corrected chi connectivity index (χ1v) is 4.82. The number of hydrogen-bond acceptors (Lipinski definition) is 1. The minimum absolute atomic E-state index is 0.261. The maximum atomic E-state index is 12.8. The van der Waals surface area contributed by atoms with Gasteiger partial charge in [0.25, 0.3) is 0 Å². The molecule has 0 aliphatic carbocycles. The van der Waals surface area contributed by atoms with Crippen LogP contribution in [-0.4, -0.2) is 6.61 Å². The Labute approximate surface area is 84.2 Å². The van der Waals surface area contributed by atoms with E-state index in [4.69, 9.17) is 4.74 Å². The summed E-state index contributed by atoms with van der Waals surface area (Å²) >= 11 is 0. The molecule has 0 fully saturated rings. The summed E-state index contributed by atoms with van der Waals surface area (Å²) in [6.45, 7) is 6.38. The van der Waals surface area contributed by atoms with Gasteiger partial charge in [-0.25, -0.2) is 4.39 Å². The molecule has 1 aromatic rings. The summed E-state index contributed by atoms with van der Waals surface area (Å²) in [7, 11) is 0. The van der Waals surface area contributed by atoms with E-state index >= 15 is 0 Å². The Hall–Kier alpha value is -1.31. The molecule has 0 aliphatic heterocycles. The van der Waals surface area contributed by atoms with Crippen LogP contribution in [0.5, 0.6) is 5.75 Å². The lowest BCUT2D eigenvalue weighted by Crippen LogP contribution is -1.98. The van der Waals surface area contributed by atoms with E-state index in [1.807, 2.05) is 0 Å². The van der Waals surface area contributed by atoms with Crippen LogP contribution in [0.1, 0.15) is 25.3 Å². The van der Waals surface area contributed by atoms with Gasteiger partial charge in [0.15, 0.2) is 0 Å². The average Bonchev–Trinajstić information content (AvgIpc) is 2.20. The minimum Gasteiger partial charge on any atom is -0.493 e. The molecule has 0 atom stereocenters. The molecular weight excluding hydrogens is 179 g/mol. The van der Waals surface area contributed by atoms with Crippen LogP contribution >= 0.6 is 0 Å². The largest absolute Gasteiger partial charge is 0.493 e. The predicted octanol–water partition coefficient (Wildman–Crippen LogP) is 3.65. The van der Waals surface area contributed by atoms with Gasteiger partial charge in [-0.2, -0.15) is 0 Å². The highest BCUT2D eigenvalue weighted by Gasteiger charge is 2.01. The van der Waals surface area contributed by atoms with E-state index < -0.39 is 0 Å². The van der Waals surface area contributed by atoms with Gasteiger partial charge in [-0.15, -0.1) is 0 Å². The molecule has 76 valence electrons. The van der Waals surface area contributed by atoms with Crippen molar-refractivity contribution in [2.24, 2.45) is 0 Å². The van der Waals surface area contributed by atoms with Crippen molar-refractivity contribution >= 4 is 6.08 Å². The van der Waals surface area contributed by atoms with E-state index in [1.54, 1.807) is 12.1 Å². The molecule has 0 unspecified atom stereocenters. The van der Waals surface area contributed by atoms with Gasteiger partial charge in [-0.1, -0.05) is 26.0 Å². The maximum Gasteiger partial charge on any atom is 0.126 e. The van der Waals surface area contributed by atoms with Gasteiger partial charge in [0.2, 0.25) is 0 Å². The van der Waals surface area contributed by atoms with E-state index in [0.29, 0.717) is 17.9 Å². The molecule has 1 aromatic carbocycles. The van der Waals surface area contributed by atoms with Gasteiger partial charge in [-0.05, 0) is 24.6 Å². The van der Waals surface area contributed by atoms with Gasteiger partial charge in [0, 0.05) is 5.56 Å². The fourth-order valence-corrected chi connectivity index (χ4v) is 1.14. The highest BCUT2D eigenvalue weighted by Crippen LogP contribution is 2.20. The number of benzene rings is 1. The molecule has 0 saturated heterocycles. The summed E-state index contributed by atoms with van der Waals surface area (Å²) in [5.74, 6) is 0.442. The van der Waals surface area contributed by atoms with Crippen molar-refractivity contribution in [3.8, 4) is 5.75 Å². The van der Waals surface area contributed by atoms with Crippen LogP contribution in [0.25, 0.3) is 6.08 Å². The Morgan fingerprint density at radius 2 is 2.29 bits per heavy atom. The summed E-state index contributed by atoms with van der Waals surface area (Å²) in [6, 6.07) is 4.46. The van der Waals surface area contributed by atoms with Crippen molar-refractivity contribution in [2.45, 2.75) is 19.8 Å². The van der Waals surface area contributed by atoms with Crippen molar-refractivity contribution in [3.05, 3.63) is 36.2 Å². The zero-order valence-electron chi connectivity index (χ0n) is 8.42. The Balaban J connectivity index is 2.70. The number of rotatable bonds is 5. The summed E-state index contributed by atoms with van der Waals surface area (Å²) in [4.78, 5) is 0. The van der Waals surface area contributed by atoms with Crippen LogP contribution in [0, 0.1) is 5.82 Å². The SMILES string of the molecule is C=Cc1cc(F)ccc1OCCCC. The van der Waals surface area contributed by atoms with Crippen molar-refractivity contribution in [3.63, 3.8) is 0 Å². The van der Waals surface area contributed by atoms with Gasteiger partial charge in [0.05, 0.1) is 6.61 Å². The molecule has 0 bridgehead atoms. The molecule has 0 aliphatic rings. The van der Waals surface area contributed by atoms with Crippen molar-refractivity contribution in [1.82, 2.24) is 0 Å². The molecule has 2 heteroatoms. The Bertz CT molecular complexity index is 307. The molecule has 1 rings (SSSR count). The molecule has 0 aromatic heterocycles. The molecule has 0 amide bonds. The van der Waals surface area contributed by atoms with Gasteiger partial charge < -0.3 is 4.74 Å². The third kappa shape index (κ3) is 2.87. The smallest absolute Gasteiger partial charge is 0.126 e. The fourth-order valence-electron chi connectivity index (χ4n) is 1.14. The van der Waals surface area contributed by atoms with Crippen LogP contribution in [0.3, 0.4) is 0 Å². The zero-order valence-corrected chi connectivity index (χ0v) is 8.42. The topological polar surface area (TPSA) is 9.23 Å². The van der Waals surface area contributed by atoms with Gasteiger partial charge in [0.1, 0.15) is 11.6 Å². The Morgan fingerprint density at radius 1 is 1.50 bits per heavy atom. The fraction of sp³-hybridized carbons (Fsp3) is 0.333. The molecule has 0 saturated carbocycles. The van der Waals surface area contributed by atoms with E-state index in [1.165, 1.54) is 12.1 Å². The summed E-state index contributed by atoms with van der Waals surface area (Å²) in [5, 5.41) is 0. The Kier molecular flexibility index (Phi) is 4.17. The number of hydrogen-bond donors (Lipinski definition) is 0. The van der Waals surface area contributed by atoms with Crippen LogP contribution in [0.2, 0.25) is 0 Å². The molecular formula is C12H15FO. The number of unbranched alkanes of at least 4 members (excludes halogenated alkanes) is 1. The molecule has 14 heavy (non-hydrogen) atoms. The molecule has 0 heterocycles. The number of halogens is 1. The predicted molar refractivity (Wildman–Crippen MR) is 56.9 cm³/mol. The second-order valence-corrected chi connectivity index (χ2v) is 3.09. The third-order valence-electron chi connectivity index (χ3n) is 1.95. The van der Waals surface area contributed by atoms with Crippen molar-refractivity contribution in [2.75, 3.05) is 6.61 Å². The summed E-state index contributed by atoms with van der Waals surface area (Å²) in [5.41, 5.74) is 0.709. The van der Waals surface area contributed by atoms with Crippen LogP contribution < -0.4 is 4.74 Å². The third-order valence-corrected chi connectivity index (χ3v) is 1.95. The molecule has 0 N–H and O–H groups in total. The average molecular weight is 194 g/mol. The zero-order chi connectivity index (χ0) is 10.4. The molecule has 1 nitrogen and oxygen atoms in total. The lowest BCUT2D eigenvalue weighted by molar-refractivity contribution is 0.308. The van der Waals surface area contributed by atoms with Crippen molar-refractivity contribution < 1.29 is 9.13 Å². The first-order valence-electron chi connectivity index (χ1n) is 4.82. The van der Waals surface area contributed by atoms with Gasteiger partial charge in [-0.3, -0.25) is 0 Å². The van der Waals surface area contributed by atoms with Crippen LogP contribution in [0.15, 0.2) is 24.8 Å². The highest BCUT2D eigenvalue weighted by atomic mass is 19.1. The van der Waals surface area contributed by atoms with E-state index in [-0.39, 0.29) is 5.82 Å². The Morgan fingerprint density at radius 3 is 2.93 bits per heavy atom. The van der Waals surface area contributed by atoms with E-state index in [0.717, 1.165) is 12.8 Å². The normalized spacial score (nSPS) is 9.86. The first kappa shape index (κ1) is 10.8. The standard InChI is InChI=1S/C12H15FO/c1-3-5-8-14-12-7-6-11(13)9-10(12)4-2/h4,6-7,9H,2-3,5,8H2,1H3. The monoisotopic (exact) mass is 194 g/mol. The van der Waals surface area contributed by atoms with Crippen LogP contribution in [0.4, 0.5) is 4.39 Å². The first-order chi connectivity index (χ1) is 6.77. The van der Waals surface area contributed by atoms with Crippen molar-refractivity contribution in [1.29, 1.82) is 0 Å². The molecule has 0 spiro atoms. The van der Waals surface area contributed by atoms with Crippen LogP contribution in [-0.2, 0) is 0 Å².